The van der Waals surface area contributed by atoms with Gasteiger partial charge in [-0.3, -0.25) is 0 Å². The zero-order valence-corrected chi connectivity index (χ0v) is 11.6. The van der Waals surface area contributed by atoms with Crippen LogP contribution in [0.15, 0.2) is 30.2 Å². The molecule has 4 rings (SSSR count). The maximum Gasteiger partial charge on any atom is 0.152 e. The number of hydrogen-bond acceptors (Lipinski definition) is 5. The van der Waals surface area contributed by atoms with E-state index in [-0.39, 0.29) is 5.82 Å². The Hall–Kier alpha value is -2.12. The van der Waals surface area contributed by atoms with E-state index in [2.05, 4.69) is 16.0 Å². The van der Waals surface area contributed by atoms with Gasteiger partial charge in [0.05, 0.1) is 17.4 Å². The molecule has 7 heteroatoms. The summed E-state index contributed by atoms with van der Waals surface area (Å²) in [5, 5.41) is 10.3. The van der Waals surface area contributed by atoms with Crippen LogP contribution in [0.4, 0.5) is 4.39 Å². The highest BCUT2D eigenvalue weighted by Gasteiger charge is 2.29. The molecule has 1 fully saturated rings. The SMILES string of the molecule is CCc1nn(N2C=C(C3CNC3)ON2)c2cc(F)ccc12. The summed E-state index contributed by atoms with van der Waals surface area (Å²) < 4.78 is 13.6. The van der Waals surface area contributed by atoms with Gasteiger partial charge in [0.1, 0.15) is 5.82 Å². The fourth-order valence-electron chi connectivity index (χ4n) is 2.61. The minimum atomic E-state index is -0.279. The van der Waals surface area contributed by atoms with Gasteiger partial charge < -0.3 is 10.2 Å². The van der Waals surface area contributed by atoms with Gasteiger partial charge in [0.2, 0.25) is 0 Å². The third-order valence-electron chi connectivity index (χ3n) is 3.93. The van der Waals surface area contributed by atoms with Crippen LogP contribution in [-0.2, 0) is 11.3 Å². The van der Waals surface area contributed by atoms with Crippen LogP contribution in [0, 0.1) is 11.7 Å². The lowest BCUT2D eigenvalue weighted by molar-refractivity contribution is 0.0817. The number of nitrogens with one attached hydrogen (secondary N) is 2. The molecule has 2 aliphatic rings. The van der Waals surface area contributed by atoms with Crippen molar-refractivity contribution in [1.82, 2.24) is 20.8 Å². The molecule has 21 heavy (non-hydrogen) atoms. The minimum absolute atomic E-state index is 0.279. The fraction of sp³-hybridized carbons (Fsp3) is 0.357. The molecule has 2 aliphatic heterocycles. The predicted molar refractivity (Wildman–Crippen MR) is 75.9 cm³/mol. The van der Waals surface area contributed by atoms with E-state index in [1.807, 2.05) is 13.1 Å². The first kappa shape index (κ1) is 12.6. The Kier molecular flexibility index (Phi) is 2.83. The third kappa shape index (κ3) is 1.97. The van der Waals surface area contributed by atoms with Crippen LogP contribution in [0.1, 0.15) is 12.6 Å². The highest BCUT2D eigenvalue weighted by atomic mass is 19.1. The number of fused-ring (bicyclic) bond motifs is 1. The average molecular weight is 289 g/mol. The van der Waals surface area contributed by atoms with Crippen molar-refractivity contribution in [2.75, 3.05) is 18.2 Å². The van der Waals surface area contributed by atoms with Crippen molar-refractivity contribution < 1.29 is 9.23 Å². The van der Waals surface area contributed by atoms with Gasteiger partial charge in [0.15, 0.2) is 5.76 Å². The maximum atomic E-state index is 13.6. The Morgan fingerprint density at radius 2 is 2.29 bits per heavy atom. The van der Waals surface area contributed by atoms with E-state index < -0.39 is 0 Å². The second-order valence-corrected chi connectivity index (χ2v) is 5.28. The van der Waals surface area contributed by atoms with E-state index in [4.69, 9.17) is 4.84 Å². The van der Waals surface area contributed by atoms with Crippen molar-refractivity contribution >= 4 is 10.9 Å². The Bertz CT molecular complexity index is 721. The van der Waals surface area contributed by atoms with Gasteiger partial charge in [-0.05, 0) is 24.1 Å². The van der Waals surface area contributed by atoms with E-state index in [1.165, 1.54) is 12.1 Å². The van der Waals surface area contributed by atoms with Crippen molar-refractivity contribution in [3.05, 3.63) is 41.7 Å². The Morgan fingerprint density at radius 3 is 3.00 bits per heavy atom. The molecule has 110 valence electrons. The highest BCUT2D eigenvalue weighted by Crippen LogP contribution is 2.24. The van der Waals surface area contributed by atoms with E-state index in [0.717, 1.165) is 36.3 Å². The van der Waals surface area contributed by atoms with Crippen molar-refractivity contribution in [2.24, 2.45) is 5.92 Å². The summed E-state index contributed by atoms with van der Waals surface area (Å²) in [6, 6.07) is 4.72. The maximum absolute atomic E-state index is 13.6. The number of hydrazine groups is 1. The Morgan fingerprint density at radius 1 is 1.43 bits per heavy atom. The lowest BCUT2D eigenvalue weighted by Gasteiger charge is -2.25. The number of nitrogens with zero attached hydrogens (tertiary/aromatic N) is 3. The van der Waals surface area contributed by atoms with Gasteiger partial charge in [0.25, 0.3) is 0 Å². The third-order valence-corrected chi connectivity index (χ3v) is 3.93. The second kappa shape index (κ2) is 4.71. The first-order chi connectivity index (χ1) is 10.3. The zero-order valence-electron chi connectivity index (χ0n) is 11.6. The molecule has 3 heterocycles. The molecule has 1 saturated heterocycles. The number of aryl methyl sites for hydroxylation is 1. The van der Waals surface area contributed by atoms with Gasteiger partial charge in [-0.1, -0.05) is 6.92 Å². The van der Waals surface area contributed by atoms with Gasteiger partial charge in [-0.15, -0.1) is 0 Å². The van der Waals surface area contributed by atoms with Crippen LogP contribution in [0.5, 0.6) is 0 Å². The van der Waals surface area contributed by atoms with E-state index in [0.29, 0.717) is 11.4 Å². The fourth-order valence-corrected chi connectivity index (χ4v) is 2.61. The molecule has 0 spiro atoms. The van der Waals surface area contributed by atoms with Crippen LogP contribution in [-0.4, -0.2) is 23.0 Å². The predicted octanol–water partition coefficient (Wildman–Crippen LogP) is 1.19. The number of hydrogen-bond donors (Lipinski definition) is 2. The number of halogens is 1. The van der Waals surface area contributed by atoms with E-state index in [1.54, 1.807) is 16.0 Å². The smallest absolute Gasteiger partial charge is 0.152 e. The summed E-state index contributed by atoms with van der Waals surface area (Å²) in [6.45, 7) is 3.86. The quantitative estimate of drug-likeness (QED) is 0.889. The van der Waals surface area contributed by atoms with Crippen LogP contribution in [0.25, 0.3) is 10.9 Å². The van der Waals surface area contributed by atoms with Crippen molar-refractivity contribution in [1.29, 1.82) is 0 Å². The lowest BCUT2D eigenvalue weighted by Crippen LogP contribution is -2.43. The molecule has 0 unspecified atom stereocenters. The summed E-state index contributed by atoms with van der Waals surface area (Å²) in [6.07, 6.45) is 2.65. The summed E-state index contributed by atoms with van der Waals surface area (Å²) in [5.74, 6) is 0.970. The van der Waals surface area contributed by atoms with Crippen LogP contribution in [0.2, 0.25) is 0 Å². The zero-order chi connectivity index (χ0) is 14.4. The molecule has 0 bridgehead atoms. The first-order valence-corrected chi connectivity index (χ1v) is 7.08. The number of benzene rings is 1. The molecule has 0 radical (unpaired) electrons. The van der Waals surface area contributed by atoms with Gasteiger partial charge in [-0.25, -0.2) is 4.39 Å². The van der Waals surface area contributed by atoms with Crippen LogP contribution in [0.3, 0.4) is 0 Å². The summed E-state index contributed by atoms with van der Waals surface area (Å²) >= 11 is 0. The number of rotatable bonds is 3. The Balaban J connectivity index is 1.76. The molecule has 0 atom stereocenters. The summed E-state index contributed by atoms with van der Waals surface area (Å²) in [4.78, 5) is 7.12. The molecular weight excluding hydrogens is 273 g/mol. The molecule has 0 aliphatic carbocycles. The molecule has 6 nitrogen and oxygen atoms in total. The molecule has 1 aromatic carbocycles. The summed E-state index contributed by atoms with van der Waals surface area (Å²) in [5.41, 5.74) is 4.46. The summed E-state index contributed by atoms with van der Waals surface area (Å²) in [7, 11) is 0. The first-order valence-electron chi connectivity index (χ1n) is 7.08. The monoisotopic (exact) mass is 289 g/mol. The van der Waals surface area contributed by atoms with Crippen molar-refractivity contribution in [3.63, 3.8) is 0 Å². The van der Waals surface area contributed by atoms with Crippen molar-refractivity contribution in [3.8, 4) is 0 Å². The van der Waals surface area contributed by atoms with Gasteiger partial charge >= 0.3 is 0 Å². The topological polar surface area (TPSA) is 54.4 Å². The molecule has 0 amide bonds. The van der Waals surface area contributed by atoms with Crippen molar-refractivity contribution in [2.45, 2.75) is 13.3 Å². The Labute approximate surface area is 121 Å². The number of aromatic nitrogens is 2. The molecule has 2 N–H and O–H groups in total. The normalized spacial score (nSPS) is 18.8. The second-order valence-electron chi connectivity index (χ2n) is 5.28. The average Bonchev–Trinajstić information content (AvgIpc) is 3.00. The minimum Gasteiger partial charge on any atom is -0.390 e. The van der Waals surface area contributed by atoms with Crippen LogP contribution >= 0.6 is 0 Å². The van der Waals surface area contributed by atoms with Gasteiger partial charge in [-0.2, -0.15) is 15.0 Å². The van der Waals surface area contributed by atoms with Crippen LogP contribution < -0.4 is 16.0 Å². The highest BCUT2D eigenvalue weighted by molar-refractivity contribution is 5.82. The van der Waals surface area contributed by atoms with E-state index >= 15 is 0 Å². The van der Waals surface area contributed by atoms with E-state index in [9.17, 15) is 4.39 Å². The standard InChI is InChI=1S/C14H16FN5O/c1-2-12-11-4-3-10(15)5-13(11)20(17-12)19-8-14(21-18-19)9-6-16-7-9/h3-5,8-9,16,18H,2,6-7H2,1H3. The lowest BCUT2D eigenvalue weighted by atomic mass is 10.0. The largest absolute Gasteiger partial charge is 0.390 e. The molecule has 1 aromatic heterocycles. The molecular formula is C14H16FN5O. The van der Waals surface area contributed by atoms with Gasteiger partial charge in [0, 0.05) is 30.5 Å². The molecule has 0 saturated carbocycles. The molecule has 2 aromatic rings.